The molecule has 0 fully saturated rings. The molecule has 22 heavy (non-hydrogen) atoms. The predicted octanol–water partition coefficient (Wildman–Crippen LogP) is 3.56. The fourth-order valence-corrected chi connectivity index (χ4v) is 3.71. The smallest absolute Gasteiger partial charge is 0.255 e. The van der Waals surface area contributed by atoms with Crippen LogP contribution in [0.2, 0.25) is 0 Å². The Morgan fingerprint density at radius 3 is 2.77 bits per heavy atom. The van der Waals surface area contributed by atoms with Gasteiger partial charge in [0, 0.05) is 11.4 Å². The summed E-state index contributed by atoms with van der Waals surface area (Å²) in [5.41, 5.74) is 1.20. The molecule has 0 bridgehead atoms. The second-order valence-electron chi connectivity index (χ2n) is 5.35. The highest BCUT2D eigenvalue weighted by Gasteiger charge is 2.19. The van der Waals surface area contributed by atoms with Gasteiger partial charge in [0.05, 0.1) is 16.1 Å². The Hall–Kier alpha value is -1.37. The van der Waals surface area contributed by atoms with E-state index >= 15 is 0 Å². The summed E-state index contributed by atoms with van der Waals surface area (Å²) < 4.78 is 0.528. The molecule has 0 aliphatic carbocycles. The maximum atomic E-state index is 12.4. The van der Waals surface area contributed by atoms with E-state index in [0.29, 0.717) is 11.0 Å². The monoisotopic (exact) mass is 382 g/mol. The molecule has 6 heteroatoms. The summed E-state index contributed by atoms with van der Waals surface area (Å²) in [6.45, 7) is 2.37. The molecule has 0 radical (unpaired) electrons. The number of hydrogen-bond donors (Lipinski definition) is 2. The Kier molecular flexibility index (Phi) is 5.61. The lowest BCUT2D eigenvalue weighted by Crippen LogP contribution is -2.34. The van der Waals surface area contributed by atoms with E-state index in [1.807, 2.05) is 32.5 Å². The Balaban J connectivity index is 2.12. The molecule has 1 aromatic heterocycles. The highest BCUT2D eigenvalue weighted by molar-refractivity contribution is 9.10. The van der Waals surface area contributed by atoms with Gasteiger partial charge in [0.25, 0.3) is 5.91 Å². The highest BCUT2D eigenvalue weighted by atomic mass is 79.9. The average molecular weight is 383 g/mol. The number of phenols is 1. The number of amides is 1. The fourth-order valence-electron chi connectivity index (χ4n) is 2.21. The lowest BCUT2D eigenvalue weighted by atomic mass is 10.1. The first-order chi connectivity index (χ1) is 10.4. The summed E-state index contributed by atoms with van der Waals surface area (Å²) in [4.78, 5) is 15.6. The Bertz CT molecular complexity index is 656. The second kappa shape index (κ2) is 7.26. The third-order valence-corrected chi connectivity index (χ3v) is 4.98. The quantitative estimate of drug-likeness (QED) is 0.830. The zero-order chi connectivity index (χ0) is 16.3. The summed E-state index contributed by atoms with van der Waals surface area (Å²) in [6, 6.07) is 7.63. The van der Waals surface area contributed by atoms with E-state index < -0.39 is 0 Å². The lowest BCUT2D eigenvalue weighted by Gasteiger charge is -2.23. The first-order valence-corrected chi connectivity index (χ1v) is 8.54. The molecule has 0 unspecified atom stereocenters. The Morgan fingerprint density at radius 2 is 2.18 bits per heavy atom. The molecule has 0 saturated carbocycles. The van der Waals surface area contributed by atoms with E-state index in [1.165, 1.54) is 4.88 Å². The van der Waals surface area contributed by atoms with Gasteiger partial charge in [-0.25, -0.2) is 0 Å². The van der Waals surface area contributed by atoms with Gasteiger partial charge in [-0.2, -0.15) is 0 Å². The van der Waals surface area contributed by atoms with Crippen LogP contribution in [0.15, 0.2) is 34.1 Å². The molecule has 0 spiro atoms. The van der Waals surface area contributed by atoms with Crippen LogP contribution in [-0.4, -0.2) is 36.6 Å². The molecule has 0 aliphatic rings. The van der Waals surface area contributed by atoms with Crippen molar-refractivity contribution in [3.8, 4) is 5.75 Å². The summed E-state index contributed by atoms with van der Waals surface area (Å²) >= 11 is 4.93. The van der Waals surface area contributed by atoms with E-state index in [0.717, 1.165) is 5.56 Å². The number of nitrogens with one attached hydrogen (secondary N) is 1. The largest absolute Gasteiger partial charge is 0.506 e. The topological polar surface area (TPSA) is 52.6 Å². The third kappa shape index (κ3) is 3.88. The van der Waals surface area contributed by atoms with Gasteiger partial charge in [0.1, 0.15) is 5.75 Å². The van der Waals surface area contributed by atoms with Crippen molar-refractivity contribution < 1.29 is 9.90 Å². The van der Waals surface area contributed by atoms with Gasteiger partial charge < -0.3 is 15.3 Å². The molecular formula is C16H19BrN2O2S. The standard InChI is InChI=1S/C16H19BrN2O2S/c1-10-7-11(15(20)12(17)8-10)16(21)18-9-13(19(2)3)14-5-4-6-22-14/h4-8,13,20H,9H2,1-3H3,(H,18,21)/t13-/m1/s1. The van der Waals surface area contributed by atoms with Gasteiger partial charge in [0.2, 0.25) is 0 Å². The maximum absolute atomic E-state index is 12.4. The number of hydrogen-bond acceptors (Lipinski definition) is 4. The van der Waals surface area contributed by atoms with Gasteiger partial charge in [-0.05, 0) is 66.1 Å². The number of rotatable bonds is 5. The van der Waals surface area contributed by atoms with Crippen LogP contribution in [0.5, 0.6) is 5.75 Å². The van der Waals surface area contributed by atoms with Crippen molar-refractivity contribution in [3.05, 3.63) is 50.1 Å². The number of carbonyl (C=O) groups is 1. The van der Waals surface area contributed by atoms with Crippen molar-refractivity contribution in [2.24, 2.45) is 0 Å². The predicted molar refractivity (Wildman–Crippen MR) is 93.6 cm³/mol. The molecule has 1 atom stereocenters. The number of halogens is 1. The molecule has 1 amide bonds. The SMILES string of the molecule is Cc1cc(Br)c(O)c(C(=O)NC[C@H](c2cccs2)N(C)C)c1. The minimum atomic E-state index is -0.273. The van der Waals surface area contributed by atoms with Crippen molar-refractivity contribution in [1.82, 2.24) is 10.2 Å². The average Bonchev–Trinajstić information content (AvgIpc) is 2.96. The lowest BCUT2D eigenvalue weighted by molar-refractivity contribution is 0.0939. The van der Waals surface area contributed by atoms with Gasteiger partial charge in [-0.3, -0.25) is 4.79 Å². The van der Waals surface area contributed by atoms with Crippen LogP contribution < -0.4 is 5.32 Å². The van der Waals surface area contributed by atoms with E-state index in [2.05, 4.69) is 32.2 Å². The van der Waals surface area contributed by atoms with E-state index in [4.69, 9.17) is 0 Å². The first kappa shape index (κ1) is 17.0. The van der Waals surface area contributed by atoms with E-state index in [9.17, 15) is 9.90 Å². The molecule has 0 aliphatic heterocycles. The normalized spacial score (nSPS) is 12.4. The second-order valence-corrected chi connectivity index (χ2v) is 7.18. The minimum Gasteiger partial charge on any atom is -0.506 e. The van der Waals surface area contributed by atoms with Crippen LogP contribution in [-0.2, 0) is 0 Å². The summed E-state index contributed by atoms with van der Waals surface area (Å²) in [5, 5.41) is 15.0. The van der Waals surface area contributed by atoms with Crippen LogP contribution in [0.3, 0.4) is 0 Å². The zero-order valence-corrected chi connectivity index (χ0v) is 15.2. The van der Waals surface area contributed by atoms with Crippen molar-refractivity contribution in [2.75, 3.05) is 20.6 Å². The van der Waals surface area contributed by atoms with Crippen LogP contribution in [0.25, 0.3) is 0 Å². The van der Waals surface area contributed by atoms with E-state index in [-0.39, 0.29) is 23.3 Å². The summed E-state index contributed by atoms with van der Waals surface area (Å²) in [7, 11) is 3.97. The molecule has 1 aromatic carbocycles. The van der Waals surface area contributed by atoms with Gasteiger partial charge in [0.15, 0.2) is 0 Å². The Labute approximate surface area is 142 Å². The number of thiophene rings is 1. The van der Waals surface area contributed by atoms with Crippen molar-refractivity contribution in [1.29, 1.82) is 0 Å². The molecule has 118 valence electrons. The van der Waals surface area contributed by atoms with E-state index in [1.54, 1.807) is 23.5 Å². The zero-order valence-electron chi connectivity index (χ0n) is 12.8. The number of phenolic OH excluding ortho intramolecular Hbond substituents is 1. The van der Waals surface area contributed by atoms with Crippen molar-refractivity contribution >= 4 is 33.2 Å². The highest BCUT2D eigenvalue weighted by Crippen LogP contribution is 2.29. The number of benzene rings is 1. The number of aromatic hydroxyl groups is 1. The molecule has 2 N–H and O–H groups in total. The molecule has 0 saturated heterocycles. The van der Waals surface area contributed by atoms with Crippen LogP contribution in [0, 0.1) is 6.92 Å². The van der Waals surface area contributed by atoms with Crippen molar-refractivity contribution in [2.45, 2.75) is 13.0 Å². The van der Waals surface area contributed by atoms with Gasteiger partial charge >= 0.3 is 0 Å². The number of likely N-dealkylation sites (N-methyl/N-ethyl adjacent to an activating group) is 1. The van der Waals surface area contributed by atoms with Gasteiger partial charge in [-0.1, -0.05) is 6.07 Å². The fraction of sp³-hybridized carbons (Fsp3) is 0.312. The van der Waals surface area contributed by atoms with Crippen LogP contribution >= 0.6 is 27.3 Å². The molecule has 2 rings (SSSR count). The molecule has 4 nitrogen and oxygen atoms in total. The minimum absolute atomic E-state index is 0.0272. The summed E-state index contributed by atoms with van der Waals surface area (Å²) in [5.74, 6) is -0.300. The Morgan fingerprint density at radius 1 is 1.45 bits per heavy atom. The molecule has 1 heterocycles. The van der Waals surface area contributed by atoms with Crippen LogP contribution in [0.1, 0.15) is 26.8 Å². The number of nitrogens with zero attached hydrogens (tertiary/aromatic N) is 1. The van der Waals surface area contributed by atoms with Crippen molar-refractivity contribution in [3.63, 3.8) is 0 Å². The first-order valence-electron chi connectivity index (χ1n) is 6.87. The summed E-state index contributed by atoms with van der Waals surface area (Å²) in [6.07, 6.45) is 0. The van der Waals surface area contributed by atoms with Gasteiger partial charge in [-0.15, -0.1) is 11.3 Å². The number of carbonyl (C=O) groups excluding carboxylic acids is 1. The third-order valence-electron chi connectivity index (χ3n) is 3.40. The molecule has 2 aromatic rings. The van der Waals surface area contributed by atoms with Crippen LogP contribution in [0.4, 0.5) is 0 Å². The number of aryl methyl sites for hydroxylation is 1. The molecular weight excluding hydrogens is 364 g/mol. The maximum Gasteiger partial charge on any atom is 0.255 e.